The molecule has 2 heterocycles. The van der Waals surface area contributed by atoms with Gasteiger partial charge in [0.05, 0.1) is 6.54 Å². The highest BCUT2D eigenvalue weighted by Gasteiger charge is 2.13. The lowest BCUT2D eigenvalue weighted by Gasteiger charge is -2.20. The molecule has 3 rings (SSSR count). The van der Waals surface area contributed by atoms with Crippen molar-refractivity contribution in [3.63, 3.8) is 0 Å². The number of para-hydroxylation sites is 1. The molecule has 2 aromatic heterocycles. The average molecular weight is 572 g/mol. The predicted molar refractivity (Wildman–Crippen MR) is 137 cm³/mol. The standard InChI is InChI=1S/C22H29FN6OS.HI/c1-4-17(30-20-10-6-5-9-19(20)23)14-25-22(24-12-11-18-8-7-13-31-18)26-15-21-28-27-16(2)29(21)3;/h5-10,13,17H,4,11-12,14-15H2,1-3H3,(H2,24,25,26);1H. The van der Waals surface area contributed by atoms with Gasteiger partial charge in [-0.3, -0.25) is 0 Å². The summed E-state index contributed by atoms with van der Waals surface area (Å²) >= 11 is 1.74. The van der Waals surface area contributed by atoms with Gasteiger partial charge in [-0.2, -0.15) is 0 Å². The third-order valence-corrected chi connectivity index (χ3v) is 5.82. The van der Waals surface area contributed by atoms with Crippen LogP contribution < -0.4 is 15.4 Å². The van der Waals surface area contributed by atoms with Gasteiger partial charge >= 0.3 is 0 Å². The van der Waals surface area contributed by atoms with Crippen LogP contribution >= 0.6 is 35.3 Å². The number of halogens is 2. The van der Waals surface area contributed by atoms with Crippen molar-refractivity contribution in [1.82, 2.24) is 25.4 Å². The van der Waals surface area contributed by atoms with Crippen molar-refractivity contribution >= 4 is 41.3 Å². The maximum absolute atomic E-state index is 13.9. The van der Waals surface area contributed by atoms with Crippen LogP contribution in [-0.4, -0.2) is 39.9 Å². The molecule has 0 spiro atoms. The van der Waals surface area contributed by atoms with Crippen LogP contribution in [0.5, 0.6) is 5.75 Å². The molecule has 174 valence electrons. The summed E-state index contributed by atoms with van der Waals surface area (Å²) in [7, 11) is 1.92. The minimum atomic E-state index is -0.360. The lowest BCUT2D eigenvalue weighted by molar-refractivity contribution is 0.191. The topological polar surface area (TPSA) is 76.4 Å². The molecule has 7 nitrogen and oxygen atoms in total. The fraction of sp³-hybridized carbons (Fsp3) is 0.409. The number of aryl methyl sites for hydroxylation is 1. The molecule has 0 fully saturated rings. The van der Waals surface area contributed by atoms with E-state index >= 15 is 0 Å². The zero-order valence-corrected chi connectivity index (χ0v) is 21.7. The van der Waals surface area contributed by atoms with Crippen LogP contribution in [0.15, 0.2) is 46.8 Å². The molecule has 1 aromatic carbocycles. The molecule has 0 aliphatic heterocycles. The van der Waals surface area contributed by atoms with Crippen molar-refractivity contribution < 1.29 is 9.13 Å². The fourth-order valence-corrected chi connectivity index (χ4v) is 3.58. The van der Waals surface area contributed by atoms with Crippen LogP contribution in [-0.2, 0) is 20.0 Å². The van der Waals surface area contributed by atoms with Crippen molar-refractivity contribution in [2.45, 2.75) is 39.3 Å². The molecule has 0 radical (unpaired) electrons. The molecule has 0 aliphatic rings. The Morgan fingerprint density at radius 3 is 2.69 bits per heavy atom. The summed E-state index contributed by atoms with van der Waals surface area (Å²) in [6.45, 7) is 5.56. The highest BCUT2D eigenvalue weighted by Crippen LogP contribution is 2.17. The maximum atomic E-state index is 13.9. The normalized spacial score (nSPS) is 12.2. The van der Waals surface area contributed by atoms with E-state index in [-0.39, 0.29) is 41.6 Å². The van der Waals surface area contributed by atoms with E-state index in [0.29, 0.717) is 19.0 Å². The van der Waals surface area contributed by atoms with Crippen LogP contribution in [0.1, 0.15) is 29.9 Å². The van der Waals surface area contributed by atoms with Crippen molar-refractivity contribution in [2.24, 2.45) is 12.0 Å². The van der Waals surface area contributed by atoms with E-state index in [1.165, 1.54) is 10.9 Å². The summed E-state index contributed by atoms with van der Waals surface area (Å²) in [6.07, 6.45) is 1.44. The summed E-state index contributed by atoms with van der Waals surface area (Å²) in [5.41, 5.74) is 0. The Hall–Kier alpha value is -2.21. The van der Waals surface area contributed by atoms with Crippen LogP contribution in [0.2, 0.25) is 0 Å². The number of aliphatic imine (C=N–C) groups is 1. The van der Waals surface area contributed by atoms with Crippen LogP contribution in [0.4, 0.5) is 4.39 Å². The molecule has 0 saturated heterocycles. The first-order chi connectivity index (χ1) is 15.1. The summed E-state index contributed by atoms with van der Waals surface area (Å²) in [5.74, 6) is 2.19. The van der Waals surface area contributed by atoms with E-state index in [2.05, 4.69) is 43.3 Å². The molecule has 0 amide bonds. The molecule has 1 atom stereocenters. The van der Waals surface area contributed by atoms with Gasteiger partial charge in [0.25, 0.3) is 0 Å². The number of nitrogens with one attached hydrogen (secondary N) is 2. The number of rotatable bonds is 10. The fourth-order valence-electron chi connectivity index (χ4n) is 2.87. The minimum absolute atomic E-state index is 0. The largest absolute Gasteiger partial charge is 0.486 e. The summed E-state index contributed by atoms with van der Waals surface area (Å²) < 4.78 is 21.7. The lowest BCUT2D eigenvalue weighted by Crippen LogP contribution is -2.43. The van der Waals surface area contributed by atoms with Crippen LogP contribution in [0.3, 0.4) is 0 Å². The Kier molecular flexibility index (Phi) is 10.9. The third kappa shape index (κ3) is 7.73. The molecule has 3 aromatic rings. The van der Waals surface area contributed by atoms with Gasteiger partial charge in [0, 0.05) is 18.5 Å². The van der Waals surface area contributed by atoms with Crippen LogP contribution in [0.25, 0.3) is 0 Å². The van der Waals surface area contributed by atoms with Gasteiger partial charge in [-0.25, -0.2) is 9.38 Å². The van der Waals surface area contributed by atoms with Crippen molar-refractivity contribution in [3.05, 3.63) is 64.1 Å². The van der Waals surface area contributed by atoms with Crippen LogP contribution in [0, 0.1) is 12.7 Å². The molecule has 10 heteroatoms. The first-order valence-electron chi connectivity index (χ1n) is 10.4. The van der Waals surface area contributed by atoms with E-state index < -0.39 is 0 Å². The van der Waals surface area contributed by atoms with Crippen molar-refractivity contribution in [1.29, 1.82) is 0 Å². The smallest absolute Gasteiger partial charge is 0.191 e. The van der Waals surface area contributed by atoms with Gasteiger partial charge in [0.15, 0.2) is 23.4 Å². The van der Waals surface area contributed by atoms with Crippen molar-refractivity contribution in [2.75, 3.05) is 13.1 Å². The lowest BCUT2D eigenvalue weighted by atomic mass is 10.2. The highest BCUT2D eigenvalue weighted by atomic mass is 127. The second-order valence-corrected chi connectivity index (χ2v) is 8.14. The van der Waals surface area contributed by atoms with E-state index in [1.54, 1.807) is 29.5 Å². The minimum Gasteiger partial charge on any atom is -0.486 e. The predicted octanol–water partition coefficient (Wildman–Crippen LogP) is 4.08. The molecular weight excluding hydrogens is 542 g/mol. The molecule has 32 heavy (non-hydrogen) atoms. The Bertz CT molecular complexity index is 979. The number of guanidine groups is 1. The molecule has 0 bridgehead atoms. The number of nitrogens with zero attached hydrogens (tertiary/aromatic N) is 4. The average Bonchev–Trinajstić information content (AvgIpc) is 3.40. The van der Waals surface area contributed by atoms with Gasteiger partial charge in [-0.05, 0) is 43.3 Å². The van der Waals surface area contributed by atoms with Gasteiger partial charge in [0.1, 0.15) is 18.5 Å². The first-order valence-corrected chi connectivity index (χ1v) is 11.3. The summed E-state index contributed by atoms with van der Waals surface area (Å²) in [4.78, 5) is 5.97. The first kappa shape index (κ1) is 26.0. The maximum Gasteiger partial charge on any atom is 0.191 e. The number of benzene rings is 1. The second kappa shape index (κ2) is 13.4. The van der Waals surface area contributed by atoms with Crippen molar-refractivity contribution in [3.8, 4) is 5.75 Å². The van der Waals surface area contributed by atoms with E-state index in [1.807, 2.05) is 25.5 Å². The molecule has 2 N–H and O–H groups in total. The monoisotopic (exact) mass is 572 g/mol. The number of thiophene rings is 1. The van der Waals surface area contributed by atoms with E-state index in [9.17, 15) is 4.39 Å². The highest BCUT2D eigenvalue weighted by molar-refractivity contribution is 14.0. The molecule has 1 unspecified atom stereocenters. The summed E-state index contributed by atoms with van der Waals surface area (Å²) in [6, 6.07) is 10.6. The Balaban J connectivity index is 0.00000363. The van der Waals surface area contributed by atoms with Gasteiger partial charge in [-0.1, -0.05) is 25.1 Å². The van der Waals surface area contributed by atoms with Gasteiger partial charge < -0.3 is 19.9 Å². The number of hydrogen-bond acceptors (Lipinski definition) is 5. The quantitative estimate of drug-likeness (QED) is 0.218. The SMILES string of the molecule is CCC(CNC(=NCc1nnc(C)n1C)NCCc1cccs1)Oc1ccccc1F.I. The molecule has 0 saturated carbocycles. The number of aromatic nitrogens is 3. The second-order valence-electron chi connectivity index (χ2n) is 7.10. The number of ether oxygens (including phenoxy) is 1. The Labute approximate surface area is 209 Å². The van der Waals surface area contributed by atoms with Gasteiger partial charge in [-0.15, -0.1) is 45.5 Å². The molecule has 0 aliphatic carbocycles. The number of hydrogen-bond donors (Lipinski definition) is 2. The zero-order chi connectivity index (χ0) is 22.1. The third-order valence-electron chi connectivity index (χ3n) is 4.89. The molecular formula is C22H30FIN6OS. The Morgan fingerprint density at radius 2 is 2.03 bits per heavy atom. The zero-order valence-electron chi connectivity index (χ0n) is 18.5. The van der Waals surface area contributed by atoms with E-state index in [4.69, 9.17) is 4.74 Å². The summed E-state index contributed by atoms with van der Waals surface area (Å²) in [5, 5.41) is 17.0. The van der Waals surface area contributed by atoms with E-state index in [0.717, 1.165) is 31.0 Å². The Morgan fingerprint density at radius 1 is 1.22 bits per heavy atom. The van der Waals surface area contributed by atoms with Gasteiger partial charge in [0.2, 0.25) is 0 Å².